The number of carbonyl (C=O) groups is 3. The predicted molar refractivity (Wildman–Crippen MR) is 138 cm³/mol. The normalized spacial score (nSPS) is 10.7. The zero-order valence-corrected chi connectivity index (χ0v) is 21.9. The molecule has 38 heavy (non-hydrogen) atoms. The molecule has 0 saturated carbocycles. The van der Waals surface area contributed by atoms with Crippen LogP contribution in [0.15, 0.2) is 71.6 Å². The highest BCUT2D eigenvalue weighted by Gasteiger charge is 2.30. The summed E-state index contributed by atoms with van der Waals surface area (Å²) in [6, 6.07) is 15.8. The van der Waals surface area contributed by atoms with Crippen molar-refractivity contribution in [2.75, 3.05) is 44.6 Å². The minimum Gasteiger partial charge on any atom is -0.497 e. The van der Waals surface area contributed by atoms with Crippen LogP contribution in [0.5, 0.6) is 11.5 Å². The first-order chi connectivity index (χ1) is 18.2. The van der Waals surface area contributed by atoms with E-state index in [9.17, 15) is 22.8 Å². The number of amides is 1. The maximum atomic E-state index is 13.7. The molecule has 0 heterocycles. The topological polar surface area (TPSA) is 138 Å². The standard InChI is InChI=1S/C26H26N2O9S/c1-34-18-10-12-19(13-11-18)38(32,33)28(22-7-5-6-8-23(22)35-2)16-24(29)27-21-15-17(25(30)36-3)9-14-20(21)26(31)37-4/h5-15H,16H2,1-4H3,(H,27,29). The third-order valence-electron chi connectivity index (χ3n) is 5.41. The number of hydrogen-bond acceptors (Lipinski definition) is 9. The van der Waals surface area contributed by atoms with Crippen LogP contribution in [0.4, 0.5) is 11.4 Å². The lowest BCUT2D eigenvalue weighted by Gasteiger charge is -2.26. The first kappa shape index (κ1) is 28.0. The summed E-state index contributed by atoms with van der Waals surface area (Å²) in [4.78, 5) is 37.4. The fourth-order valence-electron chi connectivity index (χ4n) is 3.51. The van der Waals surface area contributed by atoms with Crippen molar-refractivity contribution in [3.8, 4) is 11.5 Å². The second-order valence-electron chi connectivity index (χ2n) is 7.65. The molecule has 0 saturated heterocycles. The van der Waals surface area contributed by atoms with Crippen molar-refractivity contribution in [3.05, 3.63) is 77.9 Å². The highest BCUT2D eigenvalue weighted by atomic mass is 32.2. The van der Waals surface area contributed by atoms with E-state index in [4.69, 9.17) is 18.9 Å². The highest BCUT2D eigenvalue weighted by molar-refractivity contribution is 7.92. The molecule has 0 radical (unpaired) electrons. The number of nitrogens with zero attached hydrogens (tertiary/aromatic N) is 1. The van der Waals surface area contributed by atoms with Gasteiger partial charge < -0.3 is 24.3 Å². The Kier molecular flexibility index (Phi) is 8.92. The minimum absolute atomic E-state index is 0.0460. The predicted octanol–water partition coefficient (Wildman–Crippen LogP) is 3.11. The Morgan fingerprint density at radius 1 is 0.816 bits per heavy atom. The molecule has 3 aromatic carbocycles. The number of ether oxygens (including phenoxy) is 4. The number of methoxy groups -OCH3 is 4. The lowest BCUT2D eigenvalue weighted by atomic mass is 10.1. The van der Waals surface area contributed by atoms with E-state index in [1.165, 1.54) is 69.9 Å². The fraction of sp³-hybridized carbons (Fsp3) is 0.192. The monoisotopic (exact) mass is 542 g/mol. The van der Waals surface area contributed by atoms with Gasteiger partial charge in [0.1, 0.15) is 18.0 Å². The molecule has 0 bridgehead atoms. The minimum atomic E-state index is -4.28. The van der Waals surface area contributed by atoms with Crippen LogP contribution in [0.25, 0.3) is 0 Å². The highest BCUT2D eigenvalue weighted by Crippen LogP contribution is 2.33. The second kappa shape index (κ2) is 12.1. The lowest BCUT2D eigenvalue weighted by molar-refractivity contribution is -0.114. The molecule has 0 unspecified atom stereocenters. The Morgan fingerprint density at radius 3 is 2.08 bits per heavy atom. The van der Waals surface area contributed by atoms with Crippen LogP contribution in [0, 0.1) is 0 Å². The first-order valence-electron chi connectivity index (χ1n) is 11.1. The van der Waals surface area contributed by atoms with Crippen molar-refractivity contribution >= 4 is 39.2 Å². The summed E-state index contributed by atoms with van der Waals surface area (Å²) >= 11 is 0. The molecule has 0 spiro atoms. The number of hydrogen-bond donors (Lipinski definition) is 1. The van der Waals surface area contributed by atoms with Gasteiger partial charge in [0.05, 0.1) is 55.8 Å². The summed E-state index contributed by atoms with van der Waals surface area (Å²) in [5.74, 6) is -1.62. The van der Waals surface area contributed by atoms with Crippen molar-refractivity contribution < 1.29 is 41.7 Å². The van der Waals surface area contributed by atoms with Crippen LogP contribution in [-0.2, 0) is 24.3 Å². The molecular weight excluding hydrogens is 516 g/mol. The smallest absolute Gasteiger partial charge is 0.339 e. The van der Waals surface area contributed by atoms with Gasteiger partial charge in [0.2, 0.25) is 5.91 Å². The summed E-state index contributed by atoms with van der Waals surface area (Å²) < 4.78 is 48.2. The van der Waals surface area contributed by atoms with Crippen LogP contribution in [0.2, 0.25) is 0 Å². The number of para-hydroxylation sites is 2. The van der Waals surface area contributed by atoms with Gasteiger partial charge in [0, 0.05) is 0 Å². The van der Waals surface area contributed by atoms with Crippen molar-refractivity contribution in [1.29, 1.82) is 0 Å². The van der Waals surface area contributed by atoms with Gasteiger partial charge in [-0.2, -0.15) is 0 Å². The maximum absolute atomic E-state index is 13.7. The van der Waals surface area contributed by atoms with Crippen LogP contribution < -0.4 is 19.1 Å². The van der Waals surface area contributed by atoms with Crippen molar-refractivity contribution in [2.24, 2.45) is 0 Å². The van der Waals surface area contributed by atoms with Gasteiger partial charge in [0.15, 0.2) is 0 Å². The van der Waals surface area contributed by atoms with Gasteiger partial charge in [-0.25, -0.2) is 18.0 Å². The van der Waals surface area contributed by atoms with Gasteiger partial charge in [-0.15, -0.1) is 0 Å². The molecule has 0 aromatic heterocycles. The molecule has 11 nitrogen and oxygen atoms in total. The number of esters is 2. The molecular formula is C26H26N2O9S. The Morgan fingerprint density at radius 2 is 1.47 bits per heavy atom. The van der Waals surface area contributed by atoms with Crippen LogP contribution >= 0.6 is 0 Å². The Bertz CT molecular complexity index is 1440. The number of benzene rings is 3. The average Bonchev–Trinajstić information content (AvgIpc) is 2.94. The van der Waals surface area contributed by atoms with Crippen molar-refractivity contribution in [1.82, 2.24) is 0 Å². The second-order valence-corrected chi connectivity index (χ2v) is 9.51. The van der Waals surface area contributed by atoms with Crippen molar-refractivity contribution in [2.45, 2.75) is 4.90 Å². The van der Waals surface area contributed by atoms with E-state index in [0.717, 1.165) is 11.4 Å². The van der Waals surface area contributed by atoms with Gasteiger partial charge >= 0.3 is 11.9 Å². The third-order valence-corrected chi connectivity index (χ3v) is 7.18. The van der Waals surface area contributed by atoms with Gasteiger partial charge in [-0.05, 0) is 54.6 Å². The van der Waals surface area contributed by atoms with Crippen LogP contribution in [0.1, 0.15) is 20.7 Å². The number of nitrogens with one attached hydrogen (secondary N) is 1. The molecule has 3 aromatic rings. The zero-order chi connectivity index (χ0) is 27.9. The molecule has 200 valence electrons. The summed E-state index contributed by atoms with van der Waals surface area (Å²) in [5, 5.41) is 2.51. The Hall–Kier alpha value is -4.58. The first-order valence-corrected chi connectivity index (χ1v) is 12.5. The van der Waals surface area contributed by atoms with Crippen molar-refractivity contribution in [3.63, 3.8) is 0 Å². The van der Waals surface area contributed by atoms with E-state index >= 15 is 0 Å². The zero-order valence-electron chi connectivity index (χ0n) is 21.1. The average molecular weight is 543 g/mol. The van der Waals surface area contributed by atoms with E-state index in [1.807, 2.05) is 0 Å². The lowest BCUT2D eigenvalue weighted by Crippen LogP contribution is -2.38. The number of anilines is 2. The molecule has 0 aliphatic carbocycles. The Labute approximate surface area is 219 Å². The van der Waals surface area contributed by atoms with E-state index in [0.29, 0.717) is 5.75 Å². The molecule has 12 heteroatoms. The van der Waals surface area contributed by atoms with Crippen LogP contribution in [0.3, 0.4) is 0 Å². The number of rotatable bonds is 10. The molecule has 0 aliphatic heterocycles. The molecule has 3 rings (SSSR count). The SMILES string of the molecule is COC(=O)c1ccc(C(=O)OC)c(NC(=O)CN(c2ccccc2OC)S(=O)(=O)c2ccc(OC)cc2)c1. The molecule has 1 amide bonds. The Balaban J connectivity index is 2.04. The largest absolute Gasteiger partial charge is 0.497 e. The quantitative estimate of drug-likeness (QED) is 0.383. The summed E-state index contributed by atoms with van der Waals surface area (Å²) in [7, 11) is 0.884. The van der Waals surface area contributed by atoms with Crippen LogP contribution in [-0.4, -0.2) is 61.2 Å². The van der Waals surface area contributed by atoms with Gasteiger partial charge in [-0.1, -0.05) is 12.1 Å². The third kappa shape index (κ3) is 6.03. The van der Waals surface area contributed by atoms with E-state index in [1.54, 1.807) is 18.2 Å². The molecule has 0 aliphatic rings. The molecule has 1 N–H and O–H groups in total. The fourth-order valence-corrected chi connectivity index (χ4v) is 4.94. The molecule has 0 fully saturated rings. The van der Waals surface area contributed by atoms with Gasteiger partial charge in [-0.3, -0.25) is 9.10 Å². The molecule has 0 atom stereocenters. The van der Waals surface area contributed by atoms with Gasteiger partial charge in [0.25, 0.3) is 10.0 Å². The van der Waals surface area contributed by atoms with E-state index in [2.05, 4.69) is 5.32 Å². The van der Waals surface area contributed by atoms with E-state index in [-0.39, 0.29) is 33.1 Å². The maximum Gasteiger partial charge on any atom is 0.339 e. The number of sulfonamides is 1. The summed E-state index contributed by atoms with van der Waals surface area (Å²) in [6.45, 7) is -0.697. The number of carbonyl (C=O) groups excluding carboxylic acids is 3. The van der Waals surface area contributed by atoms with E-state index < -0.39 is 34.4 Å². The summed E-state index contributed by atoms with van der Waals surface area (Å²) in [5.41, 5.74) is 0.0577. The summed E-state index contributed by atoms with van der Waals surface area (Å²) in [6.07, 6.45) is 0.